The molecule has 100 valence electrons. The first-order valence-corrected chi connectivity index (χ1v) is 7.53. The lowest BCUT2D eigenvalue weighted by molar-refractivity contribution is 0.578. The van der Waals surface area contributed by atoms with Gasteiger partial charge in [0.05, 0.1) is 4.75 Å². The highest BCUT2D eigenvalue weighted by Gasteiger charge is 2.52. The number of guanidine groups is 1. The molecule has 0 aliphatic heterocycles. The Morgan fingerprint density at radius 1 is 1.41 bits per heavy atom. The number of rotatable bonds is 4. The van der Waals surface area contributed by atoms with Crippen molar-refractivity contribution >= 4 is 39.8 Å². The minimum absolute atomic E-state index is 0. The van der Waals surface area contributed by atoms with E-state index in [-0.39, 0.29) is 24.0 Å². The van der Waals surface area contributed by atoms with Gasteiger partial charge in [-0.05, 0) is 25.7 Å². The first-order valence-electron chi connectivity index (χ1n) is 5.64. The van der Waals surface area contributed by atoms with Crippen molar-refractivity contribution in [2.24, 2.45) is 4.99 Å². The molecule has 2 aliphatic carbocycles. The fraction of sp³-hybridized carbons (Fsp3) is 0.900. The van der Waals surface area contributed by atoms with Crippen LogP contribution in [0.15, 0.2) is 4.99 Å². The molecule has 2 rings (SSSR count). The Balaban J connectivity index is 0.00000144. The zero-order chi connectivity index (χ0) is 11.8. The predicted molar refractivity (Wildman–Crippen MR) is 79.7 cm³/mol. The van der Waals surface area contributed by atoms with Gasteiger partial charge in [0.25, 0.3) is 0 Å². The Bertz CT molecular complexity index is 400. The molecule has 0 bridgehead atoms. The minimum Gasteiger partial charge on any atom is -0.355 e. The van der Waals surface area contributed by atoms with Crippen LogP contribution in [0.1, 0.15) is 25.7 Å². The van der Waals surface area contributed by atoms with Crippen LogP contribution in [0.4, 0.5) is 0 Å². The van der Waals surface area contributed by atoms with E-state index in [9.17, 15) is 8.42 Å². The second kappa shape index (κ2) is 5.29. The van der Waals surface area contributed by atoms with Crippen molar-refractivity contribution in [2.75, 3.05) is 19.8 Å². The standard InChI is InChI=1S/C10H19N3O2S.HI/c1-11-9(13-8-3-4-8)12-7-10(5-6-10)16(2,14)15;/h8H,3-7H2,1-2H3,(H2,11,12,13);1H. The molecule has 0 radical (unpaired) electrons. The van der Waals surface area contributed by atoms with Crippen LogP contribution in [-0.4, -0.2) is 45.0 Å². The van der Waals surface area contributed by atoms with E-state index in [1.165, 1.54) is 19.1 Å². The Morgan fingerprint density at radius 3 is 2.35 bits per heavy atom. The quantitative estimate of drug-likeness (QED) is 0.428. The normalized spacial score (nSPS) is 22.6. The van der Waals surface area contributed by atoms with E-state index >= 15 is 0 Å². The zero-order valence-electron chi connectivity index (χ0n) is 10.2. The van der Waals surface area contributed by atoms with Gasteiger partial charge in [-0.25, -0.2) is 8.42 Å². The van der Waals surface area contributed by atoms with E-state index in [0.29, 0.717) is 12.6 Å². The van der Waals surface area contributed by atoms with Gasteiger partial charge in [-0.3, -0.25) is 4.99 Å². The molecule has 0 atom stereocenters. The van der Waals surface area contributed by atoms with E-state index in [0.717, 1.165) is 18.8 Å². The molecule has 2 N–H and O–H groups in total. The summed E-state index contributed by atoms with van der Waals surface area (Å²) >= 11 is 0. The predicted octanol–water partition coefficient (Wildman–Crippen LogP) is 0.509. The maximum atomic E-state index is 11.6. The molecule has 7 heteroatoms. The lowest BCUT2D eigenvalue weighted by atomic mass is 10.4. The largest absolute Gasteiger partial charge is 0.355 e. The number of hydrogen-bond acceptors (Lipinski definition) is 3. The third-order valence-electron chi connectivity index (χ3n) is 3.31. The number of halogens is 1. The molecular formula is C10H20IN3O2S. The monoisotopic (exact) mass is 373 g/mol. The number of sulfone groups is 1. The number of aliphatic imine (C=N–C) groups is 1. The summed E-state index contributed by atoms with van der Waals surface area (Å²) in [6.45, 7) is 0.470. The van der Waals surface area contributed by atoms with Crippen molar-refractivity contribution < 1.29 is 8.42 Å². The molecule has 2 fully saturated rings. The van der Waals surface area contributed by atoms with E-state index in [1.807, 2.05) is 0 Å². The second-order valence-corrected chi connectivity index (χ2v) is 7.21. The molecule has 5 nitrogen and oxygen atoms in total. The number of hydrogen-bond donors (Lipinski definition) is 2. The minimum atomic E-state index is -2.95. The third kappa shape index (κ3) is 3.70. The number of nitrogens with one attached hydrogen (secondary N) is 2. The smallest absolute Gasteiger partial charge is 0.191 e. The fourth-order valence-electron chi connectivity index (χ4n) is 1.68. The summed E-state index contributed by atoms with van der Waals surface area (Å²) in [5, 5.41) is 6.35. The van der Waals surface area contributed by atoms with Gasteiger partial charge in [0.15, 0.2) is 15.8 Å². The molecule has 17 heavy (non-hydrogen) atoms. The lowest BCUT2D eigenvalue weighted by Gasteiger charge is -2.16. The van der Waals surface area contributed by atoms with E-state index < -0.39 is 14.6 Å². The van der Waals surface area contributed by atoms with Crippen molar-refractivity contribution in [1.29, 1.82) is 0 Å². The van der Waals surface area contributed by atoms with Crippen LogP contribution in [0.3, 0.4) is 0 Å². The van der Waals surface area contributed by atoms with Gasteiger partial charge in [0.1, 0.15) is 0 Å². The Labute approximate surface area is 120 Å². The van der Waals surface area contributed by atoms with Crippen molar-refractivity contribution in [3.05, 3.63) is 0 Å². The average molecular weight is 373 g/mol. The molecular weight excluding hydrogens is 353 g/mol. The maximum Gasteiger partial charge on any atom is 0.191 e. The summed E-state index contributed by atoms with van der Waals surface area (Å²) in [7, 11) is -1.25. The van der Waals surface area contributed by atoms with Crippen LogP contribution < -0.4 is 10.6 Å². The topological polar surface area (TPSA) is 70.6 Å². The molecule has 0 heterocycles. The highest BCUT2D eigenvalue weighted by Crippen LogP contribution is 2.42. The van der Waals surface area contributed by atoms with E-state index in [4.69, 9.17) is 0 Å². The zero-order valence-corrected chi connectivity index (χ0v) is 13.3. The Hall–Kier alpha value is -0.0500. The van der Waals surface area contributed by atoms with Crippen LogP contribution in [-0.2, 0) is 9.84 Å². The molecule has 0 aromatic carbocycles. The van der Waals surface area contributed by atoms with Gasteiger partial charge in [-0.15, -0.1) is 24.0 Å². The van der Waals surface area contributed by atoms with Crippen LogP contribution in [0.2, 0.25) is 0 Å². The second-order valence-electron chi connectivity index (χ2n) is 4.80. The van der Waals surface area contributed by atoms with Crippen molar-refractivity contribution in [2.45, 2.75) is 36.5 Å². The SMILES string of the molecule is CN=C(NCC1(S(C)(=O)=O)CC1)NC1CC1.I. The molecule has 0 amide bonds. The van der Waals surface area contributed by atoms with Gasteiger partial charge in [0, 0.05) is 25.9 Å². The molecule has 2 aliphatic rings. The van der Waals surface area contributed by atoms with Crippen LogP contribution in [0.5, 0.6) is 0 Å². The molecule has 0 aromatic rings. The summed E-state index contributed by atoms with van der Waals surface area (Å²) in [5.74, 6) is 0.720. The highest BCUT2D eigenvalue weighted by atomic mass is 127. The molecule has 2 saturated carbocycles. The summed E-state index contributed by atoms with van der Waals surface area (Å²) in [5.41, 5.74) is 0. The van der Waals surface area contributed by atoms with Gasteiger partial charge in [-0.2, -0.15) is 0 Å². The average Bonchev–Trinajstić information content (AvgIpc) is 3.05. The fourth-order valence-corrected chi connectivity index (χ4v) is 2.86. The Kier molecular flexibility index (Phi) is 4.67. The van der Waals surface area contributed by atoms with Crippen molar-refractivity contribution in [3.63, 3.8) is 0 Å². The molecule has 0 saturated heterocycles. The van der Waals surface area contributed by atoms with E-state index in [1.54, 1.807) is 7.05 Å². The summed E-state index contributed by atoms with van der Waals surface area (Å²) in [4.78, 5) is 4.08. The van der Waals surface area contributed by atoms with Crippen LogP contribution in [0.25, 0.3) is 0 Å². The highest BCUT2D eigenvalue weighted by molar-refractivity contribution is 14.0. The van der Waals surface area contributed by atoms with Crippen molar-refractivity contribution in [1.82, 2.24) is 10.6 Å². The summed E-state index contributed by atoms with van der Waals surface area (Å²) < 4.78 is 22.6. The van der Waals surface area contributed by atoms with Gasteiger partial charge >= 0.3 is 0 Å². The van der Waals surface area contributed by atoms with Gasteiger partial charge < -0.3 is 10.6 Å². The molecule has 0 spiro atoms. The van der Waals surface area contributed by atoms with Crippen LogP contribution >= 0.6 is 24.0 Å². The molecule has 0 unspecified atom stereocenters. The maximum absolute atomic E-state index is 11.6. The first-order chi connectivity index (χ1) is 7.47. The number of nitrogens with zero attached hydrogens (tertiary/aromatic N) is 1. The van der Waals surface area contributed by atoms with Crippen LogP contribution in [0, 0.1) is 0 Å². The van der Waals surface area contributed by atoms with Gasteiger partial charge in [-0.1, -0.05) is 0 Å². The third-order valence-corrected chi connectivity index (χ3v) is 5.44. The first kappa shape index (κ1) is 15.0. The van der Waals surface area contributed by atoms with Gasteiger partial charge in [0.2, 0.25) is 0 Å². The summed E-state index contributed by atoms with van der Waals surface area (Å²) in [6.07, 6.45) is 5.20. The lowest BCUT2D eigenvalue weighted by Crippen LogP contribution is -2.44. The van der Waals surface area contributed by atoms with E-state index in [2.05, 4.69) is 15.6 Å². The molecule has 0 aromatic heterocycles. The Morgan fingerprint density at radius 2 is 2.00 bits per heavy atom. The summed E-state index contributed by atoms with van der Waals surface area (Å²) in [6, 6.07) is 0.527. The van der Waals surface area contributed by atoms with Crippen molar-refractivity contribution in [3.8, 4) is 0 Å².